The minimum Gasteiger partial charge on any atom is -0.496 e. The van der Waals surface area contributed by atoms with Gasteiger partial charge in [-0.2, -0.15) is 0 Å². The highest BCUT2D eigenvalue weighted by Crippen LogP contribution is 2.21. The van der Waals surface area contributed by atoms with Crippen LogP contribution in [0.15, 0.2) is 41.1 Å². The molecule has 0 saturated carbocycles. The van der Waals surface area contributed by atoms with Crippen LogP contribution < -0.4 is 9.64 Å². The van der Waals surface area contributed by atoms with Crippen LogP contribution in [-0.2, 0) is 6.54 Å². The third kappa shape index (κ3) is 3.68. The predicted molar refractivity (Wildman–Crippen MR) is 80.9 cm³/mol. The molecule has 0 bridgehead atoms. The summed E-state index contributed by atoms with van der Waals surface area (Å²) in [4.78, 5) is 10.4. The standard InChI is InChI=1S/C14H16BrN3O2/c1-20-13-5-3-2-4-11(13)10-18(6-7-19)14-16-8-12(15)9-17-14/h2-5,8-9,19H,6-7,10H2,1H3. The van der Waals surface area contributed by atoms with E-state index in [1.54, 1.807) is 19.5 Å². The highest BCUT2D eigenvalue weighted by molar-refractivity contribution is 9.10. The zero-order valence-corrected chi connectivity index (χ0v) is 12.7. The fraction of sp³-hybridized carbons (Fsp3) is 0.286. The van der Waals surface area contributed by atoms with Crippen molar-refractivity contribution in [3.05, 3.63) is 46.7 Å². The van der Waals surface area contributed by atoms with Crippen LogP contribution in [-0.4, -0.2) is 35.3 Å². The van der Waals surface area contributed by atoms with Crippen molar-refractivity contribution < 1.29 is 9.84 Å². The quantitative estimate of drug-likeness (QED) is 0.875. The summed E-state index contributed by atoms with van der Waals surface area (Å²) in [5.74, 6) is 1.39. The zero-order valence-electron chi connectivity index (χ0n) is 11.2. The normalized spacial score (nSPS) is 10.3. The maximum atomic E-state index is 9.22. The third-order valence-electron chi connectivity index (χ3n) is 2.81. The number of benzene rings is 1. The molecule has 2 rings (SSSR count). The van der Waals surface area contributed by atoms with Gasteiger partial charge in [0.1, 0.15) is 5.75 Å². The zero-order chi connectivity index (χ0) is 14.4. The number of halogens is 1. The summed E-state index contributed by atoms with van der Waals surface area (Å²) in [5, 5.41) is 9.22. The number of aliphatic hydroxyl groups excluding tert-OH is 1. The van der Waals surface area contributed by atoms with Crippen molar-refractivity contribution >= 4 is 21.9 Å². The van der Waals surface area contributed by atoms with Crippen molar-refractivity contribution in [2.45, 2.75) is 6.54 Å². The Morgan fingerprint density at radius 1 is 1.25 bits per heavy atom. The highest BCUT2D eigenvalue weighted by atomic mass is 79.9. The Balaban J connectivity index is 2.23. The average molecular weight is 338 g/mol. The molecule has 2 aromatic rings. The van der Waals surface area contributed by atoms with Crippen molar-refractivity contribution in [3.63, 3.8) is 0 Å². The predicted octanol–water partition coefficient (Wildman–Crippen LogP) is 2.25. The molecule has 106 valence electrons. The molecular formula is C14H16BrN3O2. The summed E-state index contributed by atoms with van der Waals surface area (Å²) in [7, 11) is 1.64. The van der Waals surface area contributed by atoms with Gasteiger partial charge in [0.05, 0.1) is 18.2 Å². The molecule has 0 aliphatic heterocycles. The lowest BCUT2D eigenvalue weighted by atomic mass is 10.2. The summed E-state index contributed by atoms with van der Waals surface area (Å²) in [6.07, 6.45) is 3.38. The van der Waals surface area contributed by atoms with Crippen LogP contribution in [0.2, 0.25) is 0 Å². The van der Waals surface area contributed by atoms with Crippen LogP contribution in [0.3, 0.4) is 0 Å². The molecule has 20 heavy (non-hydrogen) atoms. The number of aliphatic hydroxyl groups is 1. The van der Waals surface area contributed by atoms with E-state index in [1.807, 2.05) is 29.2 Å². The molecule has 1 aromatic heterocycles. The maximum Gasteiger partial charge on any atom is 0.225 e. The number of methoxy groups -OCH3 is 1. The van der Waals surface area contributed by atoms with Gasteiger partial charge in [-0.25, -0.2) is 9.97 Å². The number of rotatable bonds is 6. The molecule has 0 aliphatic carbocycles. The monoisotopic (exact) mass is 337 g/mol. The molecule has 0 aliphatic rings. The molecule has 0 saturated heterocycles. The number of hydrogen-bond acceptors (Lipinski definition) is 5. The van der Waals surface area contributed by atoms with Gasteiger partial charge < -0.3 is 14.7 Å². The minimum absolute atomic E-state index is 0.0363. The van der Waals surface area contributed by atoms with Crippen LogP contribution in [0.4, 0.5) is 5.95 Å². The molecular weight excluding hydrogens is 322 g/mol. The van der Waals surface area contributed by atoms with Crippen molar-refractivity contribution in [2.24, 2.45) is 0 Å². The van der Waals surface area contributed by atoms with Gasteiger partial charge in [0.15, 0.2) is 0 Å². The van der Waals surface area contributed by atoms with Crippen LogP contribution in [0.5, 0.6) is 5.75 Å². The second-order valence-corrected chi connectivity index (χ2v) is 5.07. The van der Waals surface area contributed by atoms with E-state index in [0.717, 1.165) is 15.8 Å². The third-order valence-corrected chi connectivity index (χ3v) is 3.22. The fourth-order valence-electron chi connectivity index (χ4n) is 1.88. The smallest absolute Gasteiger partial charge is 0.225 e. The number of para-hydroxylation sites is 1. The Morgan fingerprint density at radius 3 is 2.60 bits per heavy atom. The Kier molecular flexibility index (Phi) is 5.31. The summed E-state index contributed by atoms with van der Waals surface area (Å²) < 4.78 is 6.16. The Hall–Kier alpha value is -1.66. The van der Waals surface area contributed by atoms with E-state index in [9.17, 15) is 5.11 Å². The van der Waals surface area contributed by atoms with Crippen LogP contribution >= 0.6 is 15.9 Å². The second kappa shape index (κ2) is 7.21. The van der Waals surface area contributed by atoms with Crippen molar-refractivity contribution in [2.75, 3.05) is 25.2 Å². The minimum atomic E-state index is 0.0363. The van der Waals surface area contributed by atoms with Gasteiger partial charge >= 0.3 is 0 Å². The van der Waals surface area contributed by atoms with Crippen molar-refractivity contribution in [3.8, 4) is 5.75 Å². The first-order valence-electron chi connectivity index (χ1n) is 6.20. The Morgan fingerprint density at radius 2 is 1.95 bits per heavy atom. The first-order chi connectivity index (χ1) is 9.74. The van der Waals surface area contributed by atoms with Crippen molar-refractivity contribution in [1.82, 2.24) is 9.97 Å². The largest absolute Gasteiger partial charge is 0.496 e. The van der Waals surface area contributed by atoms with E-state index >= 15 is 0 Å². The van der Waals surface area contributed by atoms with E-state index in [0.29, 0.717) is 19.0 Å². The van der Waals surface area contributed by atoms with Crippen LogP contribution in [0.1, 0.15) is 5.56 Å². The van der Waals surface area contributed by atoms with Gasteiger partial charge in [-0.3, -0.25) is 0 Å². The lowest BCUT2D eigenvalue weighted by Gasteiger charge is -2.22. The summed E-state index contributed by atoms with van der Waals surface area (Å²) in [6.45, 7) is 1.07. The summed E-state index contributed by atoms with van der Waals surface area (Å²) in [6, 6.07) is 7.78. The van der Waals surface area contributed by atoms with E-state index in [2.05, 4.69) is 25.9 Å². The molecule has 5 nitrogen and oxygen atoms in total. The Labute approximate surface area is 126 Å². The molecule has 6 heteroatoms. The lowest BCUT2D eigenvalue weighted by molar-refractivity contribution is 0.300. The van der Waals surface area contributed by atoms with E-state index in [4.69, 9.17) is 4.74 Å². The van der Waals surface area contributed by atoms with Crippen LogP contribution in [0, 0.1) is 0 Å². The molecule has 0 fully saturated rings. The maximum absolute atomic E-state index is 9.22. The van der Waals surface area contributed by atoms with E-state index in [1.165, 1.54) is 0 Å². The topological polar surface area (TPSA) is 58.5 Å². The first-order valence-corrected chi connectivity index (χ1v) is 6.99. The van der Waals surface area contributed by atoms with Gasteiger partial charge in [-0.05, 0) is 22.0 Å². The first kappa shape index (κ1) is 14.7. The van der Waals surface area contributed by atoms with Gasteiger partial charge in [0.2, 0.25) is 5.95 Å². The highest BCUT2D eigenvalue weighted by Gasteiger charge is 2.12. The number of ether oxygens (including phenoxy) is 1. The average Bonchev–Trinajstić information content (AvgIpc) is 2.48. The molecule has 1 aromatic carbocycles. The molecule has 0 amide bonds. The molecule has 0 unspecified atom stereocenters. The van der Waals surface area contributed by atoms with Gasteiger partial charge in [0.25, 0.3) is 0 Å². The summed E-state index contributed by atoms with van der Waals surface area (Å²) >= 11 is 3.31. The number of aromatic nitrogens is 2. The number of hydrogen-bond donors (Lipinski definition) is 1. The molecule has 0 atom stereocenters. The number of nitrogens with zero attached hydrogens (tertiary/aromatic N) is 3. The van der Waals surface area contributed by atoms with Crippen LogP contribution in [0.25, 0.3) is 0 Å². The second-order valence-electron chi connectivity index (χ2n) is 4.16. The molecule has 1 N–H and O–H groups in total. The molecule has 1 heterocycles. The van der Waals surface area contributed by atoms with Gasteiger partial charge in [-0.15, -0.1) is 0 Å². The number of anilines is 1. The molecule has 0 radical (unpaired) electrons. The van der Waals surface area contributed by atoms with E-state index in [-0.39, 0.29) is 6.61 Å². The molecule has 0 spiro atoms. The van der Waals surface area contributed by atoms with E-state index < -0.39 is 0 Å². The Bertz CT molecular complexity index is 548. The van der Waals surface area contributed by atoms with Gasteiger partial charge in [0, 0.05) is 31.0 Å². The van der Waals surface area contributed by atoms with Gasteiger partial charge in [-0.1, -0.05) is 18.2 Å². The summed E-state index contributed by atoms with van der Waals surface area (Å²) in [5.41, 5.74) is 1.02. The lowest BCUT2D eigenvalue weighted by Crippen LogP contribution is -2.28. The fourth-order valence-corrected chi connectivity index (χ4v) is 2.08. The van der Waals surface area contributed by atoms with Crippen molar-refractivity contribution in [1.29, 1.82) is 0 Å². The SMILES string of the molecule is COc1ccccc1CN(CCO)c1ncc(Br)cn1.